The molecule has 0 fully saturated rings. The molecule has 8 nitrogen and oxygen atoms in total. The summed E-state index contributed by atoms with van der Waals surface area (Å²) in [6.07, 6.45) is -4.82. The lowest BCUT2D eigenvalue weighted by Gasteiger charge is -2.17. The highest BCUT2D eigenvalue weighted by Crippen LogP contribution is 2.38. The zero-order valence-electron chi connectivity index (χ0n) is 17.8. The Balaban J connectivity index is 1.58. The van der Waals surface area contributed by atoms with E-state index in [1.54, 1.807) is 36.4 Å². The van der Waals surface area contributed by atoms with Crippen molar-refractivity contribution in [1.82, 2.24) is 20.2 Å². The zero-order valence-corrected chi connectivity index (χ0v) is 18.5. The number of esters is 1. The number of benzene rings is 3. The number of H-pyrrole nitrogens is 1. The van der Waals surface area contributed by atoms with Gasteiger partial charge in [0, 0.05) is 10.6 Å². The predicted molar refractivity (Wildman–Crippen MR) is 118 cm³/mol. The van der Waals surface area contributed by atoms with Crippen LogP contribution in [0.15, 0.2) is 71.5 Å². The van der Waals surface area contributed by atoms with Crippen LogP contribution in [0.2, 0.25) is 5.02 Å². The zero-order chi connectivity index (χ0) is 25.0. The molecule has 4 rings (SSSR count). The lowest BCUT2D eigenvalue weighted by atomic mass is 10.1. The van der Waals surface area contributed by atoms with E-state index in [4.69, 9.17) is 21.1 Å². The molecule has 4 aromatic rings. The predicted octanol–water partition coefficient (Wildman–Crippen LogP) is 4.56. The number of nitrogens with one attached hydrogen (secondary N) is 1. The van der Waals surface area contributed by atoms with E-state index < -0.39 is 35.8 Å². The maximum atomic E-state index is 13.8. The van der Waals surface area contributed by atoms with Crippen LogP contribution in [0.3, 0.4) is 0 Å². The van der Waals surface area contributed by atoms with Crippen molar-refractivity contribution in [1.29, 1.82) is 0 Å². The van der Waals surface area contributed by atoms with Gasteiger partial charge in [0.15, 0.2) is 0 Å². The minimum Gasteiger partial charge on any atom is -0.488 e. The van der Waals surface area contributed by atoms with E-state index in [9.17, 15) is 22.8 Å². The van der Waals surface area contributed by atoms with Crippen LogP contribution in [-0.4, -0.2) is 26.2 Å². The maximum Gasteiger partial charge on any atom is 0.419 e. The Kier molecular flexibility index (Phi) is 6.87. The number of ether oxygens (including phenoxy) is 2. The lowest BCUT2D eigenvalue weighted by molar-refractivity contribution is -0.139. The van der Waals surface area contributed by atoms with Crippen LogP contribution in [0.25, 0.3) is 5.69 Å². The minimum atomic E-state index is -4.82. The average Bonchev–Trinajstić information content (AvgIpc) is 3.27. The Morgan fingerprint density at radius 1 is 1.03 bits per heavy atom. The van der Waals surface area contributed by atoms with Gasteiger partial charge in [-0.1, -0.05) is 48.0 Å². The minimum absolute atomic E-state index is 0.0873. The van der Waals surface area contributed by atoms with Crippen LogP contribution in [0, 0.1) is 0 Å². The number of carbonyl (C=O) groups excluding carboxylic acids is 1. The quantitative estimate of drug-likeness (QED) is 0.370. The van der Waals surface area contributed by atoms with Crippen LogP contribution in [-0.2, 0) is 24.1 Å². The standard InChI is InChI=1S/C23H16ClF3N4O4/c24-18-7-4-8-19(31-22(33)28-29-30-31)16(18)13-34-20-10-9-15(11-17(20)23(25,26)27)21(32)35-12-14-5-2-1-3-6-14/h1-11H,12-13H2,(H,28,30,33). The number of hydrogen-bond donors (Lipinski definition) is 1. The summed E-state index contributed by atoms with van der Waals surface area (Å²) in [6, 6.07) is 16.1. The van der Waals surface area contributed by atoms with Gasteiger partial charge in [-0.25, -0.2) is 14.7 Å². The number of tetrazole rings is 1. The van der Waals surface area contributed by atoms with Gasteiger partial charge in [0.05, 0.1) is 16.8 Å². The number of hydrogen-bond acceptors (Lipinski definition) is 6. The third-order valence-corrected chi connectivity index (χ3v) is 5.25. The molecule has 12 heteroatoms. The maximum absolute atomic E-state index is 13.8. The molecule has 0 atom stereocenters. The Labute approximate surface area is 200 Å². The van der Waals surface area contributed by atoms with E-state index >= 15 is 0 Å². The van der Waals surface area contributed by atoms with E-state index in [0.717, 1.165) is 10.7 Å². The molecule has 1 heterocycles. The van der Waals surface area contributed by atoms with Gasteiger partial charge in [-0.3, -0.25) is 0 Å². The average molecular weight is 505 g/mol. The molecule has 0 bridgehead atoms. The van der Waals surface area contributed by atoms with E-state index in [1.807, 2.05) is 0 Å². The number of halogens is 4. The molecule has 1 aromatic heterocycles. The first kappa shape index (κ1) is 24.0. The second kappa shape index (κ2) is 10.0. The Bertz CT molecular complexity index is 1400. The van der Waals surface area contributed by atoms with Crippen LogP contribution >= 0.6 is 11.6 Å². The number of aromatic amines is 1. The third-order valence-electron chi connectivity index (χ3n) is 4.90. The van der Waals surface area contributed by atoms with Gasteiger partial charge in [0.2, 0.25) is 0 Å². The van der Waals surface area contributed by atoms with Crippen molar-refractivity contribution in [2.75, 3.05) is 0 Å². The van der Waals surface area contributed by atoms with Gasteiger partial charge in [0.25, 0.3) is 0 Å². The molecule has 180 valence electrons. The summed E-state index contributed by atoms with van der Waals surface area (Å²) in [6.45, 7) is -0.509. The molecule has 0 saturated carbocycles. The summed E-state index contributed by atoms with van der Waals surface area (Å²) in [7, 11) is 0. The van der Waals surface area contributed by atoms with Crippen molar-refractivity contribution in [2.45, 2.75) is 19.4 Å². The molecule has 0 aliphatic rings. The fourth-order valence-corrected chi connectivity index (χ4v) is 3.43. The van der Waals surface area contributed by atoms with E-state index in [2.05, 4.69) is 15.5 Å². The monoisotopic (exact) mass is 504 g/mol. The molecule has 0 saturated heterocycles. The second-order valence-electron chi connectivity index (χ2n) is 7.21. The SMILES string of the molecule is O=C(OCc1ccccc1)c1ccc(OCc2c(Cl)cccc2-n2nn[nH]c2=O)c(C(F)(F)F)c1. The first-order chi connectivity index (χ1) is 16.7. The first-order valence-corrected chi connectivity index (χ1v) is 10.4. The Morgan fingerprint density at radius 3 is 2.49 bits per heavy atom. The number of nitrogens with zero attached hydrogens (tertiary/aromatic N) is 3. The van der Waals surface area contributed by atoms with Gasteiger partial charge < -0.3 is 9.47 Å². The Hall–Kier alpha value is -4.12. The molecule has 1 N–H and O–H groups in total. The number of alkyl halides is 3. The first-order valence-electron chi connectivity index (χ1n) is 10.1. The van der Waals surface area contributed by atoms with Crippen molar-refractivity contribution < 1.29 is 27.4 Å². The number of aromatic nitrogens is 4. The summed E-state index contributed by atoms with van der Waals surface area (Å²) in [5.41, 5.74) is -1.02. The van der Waals surface area contributed by atoms with Crippen molar-refractivity contribution in [3.63, 3.8) is 0 Å². The lowest BCUT2D eigenvalue weighted by Crippen LogP contribution is -2.18. The molecule has 0 aliphatic carbocycles. The number of rotatable bonds is 7. The third kappa shape index (κ3) is 5.52. The molecule has 0 radical (unpaired) electrons. The number of carbonyl (C=O) groups is 1. The summed E-state index contributed by atoms with van der Waals surface area (Å²) < 4.78 is 52.8. The van der Waals surface area contributed by atoms with E-state index in [0.29, 0.717) is 11.6 Å². The van der Waals surface area contributed by atoms with Crippen LogP contribution in [0.4, 0.5) is 13.2 Å². The summed E-state index contributed by atoms with van der Waals surface area (Å²) in [5.74, 6) is -1.44. The summed E-state index contributed by atoms with van der Waals surface area (Å²) in [5, 5.41) is 9.29. The van der Waals surface area contributed by atoms with Gasteiger partial charge in [-0.15, -0.1) is 0 Å². The van der Waals surface area contributed by atoms with Crippen LogP contribution in [0.1, 0.15) is 27.0 Å². The van der Waals surface area contributed by atoms with Gasteiger partial charge in [-0.05, 0) is 46.3 Å². The highest BCUT2D eigenvalue weighted by Gasteiger charge is 2.35. The van der Waals surface area contributed by atoms with Crippen LogP contribution in [0.5, 0.6) is 5.75 Å². The molecule has 35 heavy (non-hydrogen) atoms. The molecule has 3 aromatic carbocycles. The van der Waals surface area contributed by atoms with Gasteiger partial charge in [0.1, 0.15) is 19.0 Å². The fourth-order valence-electron chi connectivity index (χ4n) is 3.20. The topological polar surface area (TPSA) is 99.1 Å². The summed E-state index contributed by atoms with van der Waals surface area (Å²) >= 11 is 6.21. The van der Waals surface area contributed by atoms with E-state index in [1.165, 1.54) is 18.2 Å². The van der Waals surface area contributed by atoms with Gasteiger partial charge in [-0.2, -0.15) is 17.9 Å². The van der Waals surface area contributed by atoms with E-state index in [-0.39, 0.29) is 28.4 Å². The fraction of sp³-hybridized carbons (Fsp3) is 0.130. The molecule has 0 amide bonds. The smallest absolute Gasteiger partial charge is 0.419 e. The molecule has 0 spiro atoms. The molecule has 0 aliphatic heterocycles. The molecule has 0 unspecified atom stereocenters. The largest absolute Gasteiger partial charge is 0.488 e. The van der Waals surface area contributed by atoms with Crippen molar-refractivity contribution in [2.24, 2.45) is 0 Å². The summed E-state index contributed by atoms with van der Waals surface area (Å²) in [4.78, 5) is 24.2. The Morgan fingerprint density at radius 2 is 1.80 bits per heavy atom. The highest BCUT2D eigenvalue weighted by molar-refractivity contribution is 6.31. The second-order valence-corrected chi connectivity index (χ2v) is 7.62. The van der Waals surface area contributed by atoms with Crippen molar-refractivity contribution in [3.05, 3.63) is 104 Å². The highest BCUT2D eigenvalue weighted by atomic mass is 35.5. The van der Waals surface area contributed by atoms with Crippen molar-refractivity contribution in [3.8, 4) is 11.4 Å². The van der Waals surface area contributed by atoms with Gasteiger partial charge >= 0.3 is 17.8 Å². The molecular weight excluding hydrogens is 489 g/mol. The normalized spacial score (nSPS) is 11.3. The van der Waals surface area contributed by atoms with Crippen LogP contribution < -0.4 is 10.4 Å². The van der Waals surface area contributed by atoms with Crippen molar-refractivity contribution >= 4 is 17.6 Å². The molecular formula is C23H16ClF3N4O4.